The van der Waals surface area contributed by atoms with Gasteiger partial charge in [0.25, 0.3) is 10.0 Å². The first-order valence-electron chi connectivity index (χ1n) is 4.93. The van der Waals surface area contributed by atoms with Crippen molar-refractivity contribution in [1.82, 2.24) is 4.41 Å². The molecule has 17 heavy (non-hydrogen) atoms. The zero-order chi connectivity index (χ0) is 12.5. The maximum Gasteiger partial charge on any atom is 0.281 e. The van der Waals surface area contributed by atoms with Crippen LogP contribution >= 0.6 is 34.5 Å². The molecule has 0 aliphatic carbocycles. The summed E-state index contributed by atoms with van der Waals surface area (Å²) in [7, 11) is -3.74. The summed E-state index contributed by atoms with van der Waals surface area (Å²) in [6.45, 7) is 0.327. The van der Waals surface area contributed by atoms with Crippen LogP contribution in [0.1, 0.15) is 17.7 Å². The molecule has 0 saturated heterocycles. The Bertz CT molecular complexity index is 511. The van der Waals surface area contributed by atoms with Gasteiger partial charge in [0.2, 0.25) is 4.17 Å². The molecule has 0 radical (unpaired) electrons. The predicted octanol–water partition coefficient (Wildman–Crippen LogP) is 2.64. The van der Waals surface area contributed by atoms with Gasteiger partial charge in [-0.1, -0.05) is 29.3 Å². The van der Waals surface area contributed by atoms with E-state index in [2.05, 4.69) is 5.10 Å². The Morgan fingerprint density at radius 1 is 1.47 bits per heavy atom. The van der Waals surface area contributed by atoms with Crippen LogP contribution in [0.25, 0.3) is 0 Å². The van der Waals surface area contributed by atoms with E-state index in [1.165, 1.54) is 11.3 Å². The lowest BCUT2D eigenvalue weighted by Crippen LogP contribution is -2.35. The molecule has 4 nitrogen and oxygen atoms in total. The third kappa shape index (κ3) is 2.76. The molecule has 0 atom stereocenters. The van der Waals surface area contributed by atoms with Gasteiger partial charge in [-0.25, -0.2) is 8.42 Å². The summed E-state index contributed by atoms with van der Waals surface area (Å²) in [5.41, 5.74) is 0.767. The highest BCUT2D eigenvalue weighted by Gasteiger charge is 2.30. The summed E-state index contributed by atoms with van der Waals surface area (Å²) in [6, 6.07) is 3.82. The van der Waals surface area contributed by atoms with Crippen LogP contribution in [0.4, 0.5) is 0 Å². The van der Waals surface area contributed by atoms with Gasteiger partial charge in [0, 0.05) is 0 Å². The SMILES string of the molecule is O=S(=O)(C(Cl)Cl)N1CCCC(c2cccs2)=N1. The summed E-state index contributed by atoms with van der Waals surface area (Å²) in [5.74, 6) is 0. The van der Waals surface area contributed by atoms with Crippen molar-refractivity contribution in [2.24, 2.45) is 5.10 Å². The highest BCUT2D eigenvalue weighted by molar-refractivity contribution is 7.92. The molecular formula is C9H10Cl2N2O2S2. The average Bonchev–Trinajstić information content (AvgIpc) is 2.82. The monoisotopic (exact) mass is 312 g/mol. The van der Waals surface area contributed by atoms with Crippen LogP contribution in [-0.2, 0) is 10.0 Å². The summed E-state index contributed by atoms with van der Waals surface area (Å²) in [4.78, 5) is 0.977. The second-order valence-electron chi connectivity index (χ2n) is 3.48. The number of hydrogen-bond donors (Lipinski definition) is 0. The lowest BCUT2D eigenvalue weighted by molar-refractivity contribution is 0.412. The first kappa shape index (κ1) is 13.1. The molecule has 94 valence electrons. The lowest BCUT2D eigenvalue weighted by atomic mass is 10.1. The summed E-state index contributed by atoms with van der Waals surface area (Å²) >= 11 is 12.4. The van der Waals surface area contributed by atoms with Crippen LogP contribution < -0.4 is 0 Å². The topological polar surface area (TPSA) is 49.7 Å². The van der Waals surface area contributed by atoms with E-state index >= 15 is 0 Å². The second kappa shape index (κ2) is 5.14. The lowest BCUT2D eigenvalue weighted by Gasteiger charge is -2.24. The van der Waals surface area contributed by atoms with E-state index in [0.717, 1.165) is 27.8 Å². The number of hydrazone groups is 1. The van der Waals surface area contributed by atoms with Crippen LogP contribution in [0.15, 0.2) is 22.6 Å². The molecule has 0 aromatic carbocycles. The predicted molar refractivity (Wildman–Crippen MR) is 71.2 cm³/mol. The van der Waals surface area contributed by atoms with Crippen LogP contribution in [-0.4, -0.2) is 29.3 Å². The fraction of sp³-hybridized carbons (Fsp3) is 0.444. The Morgan fingerprint density at radius 3 is 2.82 bits per heavy atom. The molecule has 1 aromatic heterocycles. The van der Waals surface area contributed by atoms with Crippen molar-refractivity contribution in [3.8, 4) is 0 Å². The molecule has 0 fully saturated rings. The molecule has 0 unspecified atom stereocenters. The van der Waals surface area contributed by atoms with Crippen molar-refractivity contribution in [3.05, 3.63) is 22.4 Å². The van der Waals surface area contributed by atoms with E-state index in [1.807, 2.05) is 17.5 Å². The third-order valence-corrected chi connectivity index (χ3v) is 5.89. The van der Waals surface area contributed by atoms with Gasteiger partial charge in [-0.3, -0.25) is 0 Å². The summed E-state index contributed by atoms with van der Waals surface area (Å²) in [6.07, 6.45) is 1.48. The van der Waals surface area contributed by atoms with Gasteiger partial charge in [0.15, 0.2) is 0 Å². The minimum Gasteiger partial charge on any atom is -0.202 e. The molecule has 1 aliphatic heterocycles. The fourth-order valence-corrected chi connectivity index (χ4v) is 3.58. The molecule has 1 aliphatic rings. The van der Waals surface area contributed by atoms with Crippen molar-refractivity contribution in [1.29, 1.82) is 0 Å². The van der Waals surface area contributed by atoms with Gasteiger partial charge in [-0.05, 0) is 24.3 Å². The number of sulfonamides is 1. The number of rotatable bonds is 3. The van der Waals surface area contributed by atoms with Crippen LogP contribution in [0.2, 0.25) is 0 Å². The van der Waals surface area contributed by atoms with E-state index in [-0.39, 0.29) is 0 Å². The summed E-state index contributed by atoms with van der Waals surface area (Å²) in [5, 5.41) is 6.05. The molecule has 0 saturated carbocycles. The largest absolute Gasteiger partial charge is 0.281 e. The zero-order valence-corrected chi connectivity index (χ0v) is 11.9. The fourth-order valence-electron chi connectivity index (χ4n) is 1.51. The van der Waals surface area contributed by atoms with E-state index in [0.29, 0.717) is 6.54 Å². The quantitative estimate of drug-likeness (QED) is 0.806. The van der Waals surface area contributed by atoms with Crippen molar-refractivity contribution < 1.29 is 8.42 Å². The zero-order valence-electron chi connectivity index (χ0n) is 8.71. The van der Waals surface area contributed by atoms with Crippen LogP contribution in [0.3, 0.4) is 0 Å². The van der Waals surface area contributed by atoms with Crippen molar-refractivity contribution in [2.45, 2.75) is 17.0 Å². The van der Waals surface area contributed by atoms with Gasteiger partial charge in [-0.2, -0.15) is 9.52 Å². The average molecular weight is 313 g/mol. The smallest absolute Gasteiger partial charge is 0.202 e. The van der Waals surface area contributed by atoms with Gasteiger partial charge in [-0.15, -0.1) is 11.3 Å². The molecule has 1 aromatic rings. The normalized spacial score (nSPS) is 17.4. The van der Waals surface area contributed by atoms with Crippen molar-refractivity contribution in [2.75, 3.05) is 6.54 Å². The van der Waals surface area contributed by atoms with Crippen molar-refractivity contribution >= 4 is 50.3 Å². The summed E-state index contributed by atoms with van der Waals surface area (Å²) < 4.78 is 23.0. The van der Waals surface area contributed by atoms with Gasteiger partial charge < -0.3 is 0 Å². The van der Waals surface area contributed by atoms with E-state index in [1.54, 1.807) is 0 Å². The Balaban J connectivity index is 2.31. The van der Waals surface area contributed by atoms with E-state index in [9.17, 15) is 8.42 Å². The van der Waals surface area contributed by atoms with E-state index < -0.39 is 14.2 Å². The standard InChI is InChI=1S/C9H10Cl2N2O2S2/c10-9(11)17(14,15)13-5-1-3-7(12-13)8-4-2-6-16-8/h2,4,6,9H,1,3,5H2. The molecule has 0 amide bonds. The molecule has 0 spiro atoms. The van der Waals surface area contributed by atoms with Gasteiger partial charge in [0.05, 0.1) is 17.1 Å². The highest BCUT2D eigenvalue weighted by atomic mass is 35.5. The maximum atomic E-state index is 11.8. The Labute approximate surface area is 114 Å². The molecule has 2 rings (SSSR count). The van der Waals surface area contributed by atoms with Gasteiger partial charge >= 0.3 is 0 Å². The number of halogens is 2. The number of nitrogens with zero attached hydrogens (tertiary/aromatic N) is 2. The number of hydrogen-bond acceptors (Lipinski definition) is 4. The Hall–Kier alpha value is -0.300. The third-order valence-electron chi connectivity index (χ3n) is 2.32. The first-order chi connectivity index (χ1) is 8.01. The van der Waals surface area contributed by atoms with Crippen LogP contribution in [0.5, 0.6) is 0 Å². The minimum absolute atomic E-state index is 0.327. The molecule has 0 bridgehead atoms. The number of thiophene rings is 1. The van der Waals surface area contributed by atoms with Crippen LogP contribution in [0, 0.1) is 0 Å². The highest BCUT2D eigenvalue weighted by Crippen LogP contribution is 2.23. The first-order valence-corrected chi connectivity index (χ1v) is 8.18. The Kier molecular flexibility index (Phi) is 3.97. The number of alkyl halides is 2. The van der Waals surface area contributed by atoms with Gasteiger partial charge in [0.1, 0.15) is 0 Å². The molecule has 0 N–H and O–H groups in total. The van der Waals surface area contributed by atoms with Crippen molar-refractivity contribution in [3.63, 3.8) is 0 Å². The second-order valence-corrected chi connectivity index (χ2v) is 7.96. The maximum absolute atomic E-state index is 11.8. The minimum atomic E-state index is -3.74. The molecule has 8 heteroatoms. The molecular weight excluding hydrogens is 303 g/mol. The Morgan fingerprint density at radius 2 is 2.24 bits per heavy atom. The van der Waals surface area contributed by atoms with E-state index in [4.69, 9.17) is 23.2 Å². The molecule has 2 heterocycles.